The Morgan fingerprint density at radius 1 is 1.50 bits per heavy atom. The van der Waals surface area contributed by atoms with Crippen LogP contribution in [0.1, 0.15) is 5.56 Å². The highest BCUT2D eigenvalue weighted by molar-refractivity contribution is 9.08. The molecule has 0 aliphatic carbocycles. The van der Waals surface area contributed by atoms with E-state index < -0.39 is 0 Å². The van der Waals surface area contributed by atoms with E-state index in [1.807, 2.05) is 6.07 Å². The van der Waals surface area contributed by atoms with Crippen LogP contribution in [0.15, 0.2) is 12.3 Å². The first-order valence-corrected chi connectivity index (χ1v) is 4.48. The zero-order chi connectivity index (χ0) is 7.56. The predicted octanol–water partition coefficient (Wildman–Crippen LogP) is 3.28. The summed E-state index contributed by atoms with van der Waals surface area (Å²) in [7, 11) is 0. The summed E-state index contributed by atoms with van der Waals surface area (Å²) in [6, 6.07) is 1.82. The first-order valence-electron chi connectivity index (χ1n) is 2.60. The van der Waals surface area contributed by atoms with Crippen LogP contribution in [-0.2, 0) is 5.33 Å². The number of alkyl halides is 1. The Labute approximate surface area is 77.5 Å². The van der Waals surface area contributed by atoms with Crippen LogP contribution >= 0.6 is 39.1 Å². The summed E-state index contributed by atoms with van der Waals surface area (Å²) in [5.41, 5.74) is 0.960. The number of rotatable bonds is 1. The molecule has 4 heteroatoms. The Morgan fingerprint density at radius 3 is 2.70 bits per heavy atom. The molecule has 0 bridgehead atoms. The van der Waals surface area contributed by atoms with Crippen LogP contribution in [-0.4, -0.2) is 4.98 Å². The molecule has 0 aliphatic rings. The van der Waals surface area contributed by atoms with Crippen LogP contribution < -0.4 is 0 Å². The summed E-state index contributed by atoms with van der Waals surface area (Å²) in [6.45, 7) is 0. The van der Waals surface area contributed by atoms with E-state index in [2.05, 4.69) is 20.9 Å². The fourth-order valence-corrected chi connectivity index (χ4v) is 1.54. The molecular formula is C6H4BrCl2N. The van der Waals surface area contributed by atoms with E-state index in [1.165, 1.54) is 0 Å². The lowest BCUT2D eigenvalue weighted by molar-refractivity contribution is 1.28. The third-order valence-electron chi connectivity index (χ3n) is 1.07. The van der Waals surface area contributed by atoms with Crippen molar-refractivity contribution in [1.29, 1.82) is 0 Å². The summed E-state index contributed by atoms with van der Waals surface area (Å²) in [5, 5.41) is 1.59. The molecule has 0 spiro atoms. The first-order chi connectivity index (χ1) is 4.75. The number of pyridine rings is 1. The lowest BCUT2D eigenvalue weighted by Crippen LogP contribution is -1.82. The van der Waals surface area contributed by atoms with E-state index in [9.17, 15) is 0 Å². The van der Waals surface area contributed by atoms with Gasteiger partial charge in [0.1, 0.15) is 5.15 Å². The minimum absolute atomic E-state index is 0.360. The fraction of sp³-hybridized carbons (Fsp3) is 0.167. The maximum atomic E-state index is 5.77. The highest BCUT2D eigenvalue weighted by atomic mass is 79.9. The Morgan fingerprint density at radius 2 is 2.20 bits per heavy atom. The van der Waals surface area contributed by atoms with Crippen LogP contribution in [0.5, 0.6) is 0 Å². The molecule has 0 N–H and O–H groups in total. The molecule has 0 unspecified atom stereocenters. The van der Waals surface area contributed by atoms with Crippen molar-refractivity contribution in [2.75, 3.05) is 0 Å². The van der Waals surface area contributed by atoms with E-state index in [1.54, 1.807) is 6.20 Å². The quantitative estimate of drug-likeness (QED) is 0.543. The normalized spacial score (nSPS) is 9.90. The van der Waals surface area contributed by atoms with Crippen molar-refractivity contribution in [3.05, 3.63) is 28.0 Å². The van der Waals surface area contributed by atoms with Gasteiger partial charge >= 0.3 is 0 Å². The molecule has 0 radical (unpaired) electrons. The van der Waals surface area contributed by atoms with Gasteiger partial charge < -0.3 is 0 Å². The zero-order valence-electron chi connectivity index (χ0n) is 4.94. The first kappa shape index (κ1) is 8.31. The van der Waals surface area contributed by atoms with Gasteiger partial charge in [0.05, 0.1) is 5.02 Å². The monoisotopic (exact) mass is 239 g/mol. The van der Waals surface area contributed by atoms with Crippen molar-refractivity contribution < 1.29 is 0 Å². The van der Waals surface area contributed by atoms with Gasteiger partial charge in [0.2, 0.25) is 0 Å². The van der Waals surface area contributed by atoms with Gasteiger partial charge in [0.15, 0.2) is 0 Å². The topological polar surface area (TPSA) is 12.9 Å². The third-order valence-corrected chi connectivity index (χ3v) is 2.48. The second-order valence-electron chi connectivity index (χ2n) is 1.71. The van der Waals surface area contributed by atoms with E-state index >= 15 is 0 Å². The zero-order valence-corrected chi connectivity index (χ0v) is 8.04. The number of aromatic nitrogens is 1. The molecule has 0 fully saturated rings. The van der Waals surface area contributed by atoms with Gasteiger partial charge in [-0.15, -0.1) is 0 Å². The van der Waals surface area contributed by atoms with Crippen molar-refractivity contribution >= 4 is 39.1 Å². The van der Waals surface area contributed by atoms with Gasteiger partial charge in [0, 0.05) is 11.5 Å². The third kappa shape index (κ3) is 1.62. The van der Waals surface area contributed by atoms with E-state index in [4.69, 9.17) is 23.2 Å². The highest BCUT2D eigenvalue weighted by Crippen LogP contribution is 2.24. The second-order valence-corrected chi connectivity index (χ2v) is 3.01. The highest BCUT2D eigenvalue weighted by Gasteiger charge is 2.02. The molecule has 0 aliphatic heterocycles. The van der Waals surface area contributed by atoms with E-state index in [-0.39, 0.29) is 0 Å². The van der Waals surface area contributed by atoms with Crippen LogP contribution in [0.2, 0.25) is 10.2 Å². The summed E-state index contributed by atoms with van der Waals surface area (Å²) in [6.07, 6.45) is 1.63. The average molecular weight is 241 g/mol. The summed E-state index contributed by atoms with van der Waals surface area (Å²) in [4.78, 5) is 3.80. The largest absolute Gasteiger partial charge is 0.243 e. The summed E-state index contributed by atoms with van der Waals surface area (Å²) < 4.78 is 0. The molecule has 0 saturated heterocycles. The molecule has 10 heavy (non-hydrogen) atoms. The molecule has 0 amide bonds. The van der Waals surface area contributed by atoms with E-state index in [0.717, 1.165) is 5.56 Å². The molecule has 0 saturated carbocycles. The Balaban J connectivity index is 3.14. The van der Waals surface area contributed by atoms with Crippen molar-refractivity contribution in [2.45, 2.75) is 5.33 Å². The number of hydrogen-bond acceptors (Lipinski definition) is 1. The van der Waals surface area contributed by atoms with Gasteiger partial charge in [-0.1, -0.05) is 39.1 Å². The van der Waals surface area contributed by atoms with Gasteiger partial charge in [-0.3, -0.25) is 0 Å². The van der Waals surface area contributed by atoms with Crippen molar-refractivity contribution in [1.82, 2.24) is 4.98 Å². The lowest BCUT2D eigenvalue weighted by Gasteiger charge is -1.98. The molecular weight excluding hydrogens is 237 g/mol. The van der Waals surface area contributed by atoms with Crippen LogP contribution in [0.3, 0.4) is 0 Å². The standard InChI is InChI=1S/C6H4BrCl2N/c7-3-4-1-2-10-6(9)5(4)8/h1-2H,3H2. The number of hydrogen-bond donors (Lipinski definition) is 0. The van der Waals surface area contributed by atoms with Crippen LogP contribution in [0.25, 0.3) is 0 Å². The molecule has 54 valence electrons. The van der Waals surface area contributed by atoms with Crippen LogP contribution in [0, 0.1) is 0 Å². The van der Waals surface area contributed by atoms with Crippen molar-refractivity contribution in [3.63, 3.8) is 0 Å². The smallest absolute Gasteiger partial charge is 0.147 e. The summed E-state index contributed by atoms with van der Waals surface area (Å²) in [5.74, 6) is 0. The predicted molar refractivity (Wildman–Crippen MR) is 46.9 cm³/mol. The van der Waals surface area contributed by atoms with Crippen LogP contribution in [0.4, 0.5) is 0 Å². The van der Waals surface area contributed by atoms with Gasteiger partial charge in [-0.25, -0.2) is 4.98 Å². The second kappa shape index (κ2) is 3.56. The molecule has 1 aromatic rings. The molecule has 1 heterocycles. The maximum absolute atomic E-state index is 5.77. The van der Waals surface area contributed by atoms with Gasteiger partial charge in [-0.2, -0.15) is 0 Å². The van der Waals surface area contributed by atoms with Gasteiger partial charge in [-0.05, 0) is 11.6 Å². The Bertz CT molecular complexity index is 239. The fourth-order valence-electron chi connectivity index (χ4n) is 0.558. The molecule has 1 aromatic heterocycles. The number of halogens is 3. The lowest BCUT2D eigenvalue weighted by atomic mass is 10.3. The minimum Gasteiger partial charge on any atom is -0.243 e. The molecule has 0 atom stereocenters. The SMILES string of the molecule is Clc1nccc(CBr)c1Cl. The van der Waals surface area contributed by atoms with Crippen molar-refractivity contribution in [2.24, 2.45) is 0 Å². The molecule has 1 rings (SSSR count). The average Bonchev–Trinajstić information content (AvgIpc) is 1.95. The number of nitrogens with zero attached hydrogens (tertiary/aromatic N) is 1. The van der Waals surface area contributed by atoms with E-state index in [0.29, 0.717) is 15.5 Å². The summed E-state index contributed by atoms with van der Waals surface area (Å²) >= 11 is 14.7. The molecule has 1 nitrogen and oxygen atoms in total. The molecule has 0 aromatic carbocycles. The maximum Gasteiger partial charge on any atom is 0.147 e. The Kier molecular flexibility index (Phi) is 2.96. The minimum atomic E-state index is 0.360. The Hall–Kier alpha value is 0.210. The van der Waals surface area contributed by atoms with Gasteiger partial charge in [0.25, 0.3) is 0 Å². The van der Waals surface area contributed by atoms with Crippen molar-refractivity contribution in [3.8, 4) is 0 Å².